The predicted octanol–water partition coefficient (Wildman–Crippen LogP) is 5.85. The van der Waals surface area contributed by atoms with Gasteiger partial charge in [-0.05, 0) is 23.7 Å². The molecule has 0 atom stereocenters. The second-order valence-corrected chi connectivity index (χ2v) is 8.59. The van der Waals surface area contributed by atoms with Gasteiger partial charge in [-0.25, -0.2) is 19.6 Å². The zero-order chi connectivity index (χ0) is 20.6. The van der Waals surface area contributed by atoms with Crippen LogP contribution < -0.4 is 0 Å². The number of nitrogens with zero attached hydrogens (tertiary/aromatic N) is 5. The van der Waals surface area contributed by atoms with Crippen molar-refractivity contribution < 1.29 is 0 Å². The summed E-state index contributed by atoms with van der Waals surface area (Å²) in [6.45, 7) is 17.5. The molecule has 2 N–H and O–H groups in total. The molecular formula is C22H37N7. The Morgan fingerprint density at radius 3 is 1.93 bits per heavy atom. The molecule has 0 bridgehead atoms. The van der Waals surface area contributed by atoms with Gasteiger partial charge >= 0.3 is 0 Å². The lowest BCUT2D eigenvalue weighted by Crippen LogP contribution is -2.01. The zero-order valence-corrected chi connectivity index (χ0v) is 18.3. The molecule has 0 aromatic carbocycles. The molecular weight excluding hydrogens is 362 g/mol. The van der Waals surface area contributed by atoms with Crippen LogP contribution in [0.1, 0.15) is 109 Å². The number of imidazole rings is 2. The monoisotopic (exact) mass is 399 g/mol. The lowest BCUT2D eigenvalue weighted by atomic mass is 10.0. The van der Waals surface area contributed by atoms with Crippen LogP contribution in [0.4, 0.5) is 0 Å². The van der Waals surface area contributed by atoms with E-state index in [1.54, 1.807) is 6.33 Å². The number of hydrogen-bond donors (Lipinski definition) is 2. The second kappa shape index (κ2) is 8.84. The minimum atomic E-state index is 0. The molecule has 4 aromatic heterocycles. The molecule has 7 heteroatoms. The van der Waals surface area contributed by atoms with E-state index in [1.807, 2.05) is 16.7 Å². The average molecular weight is 400 g/mol. The fourth-order valence-electron chi connectivity index (χ4n) is 3.68. The van der Waals surface area contributed by atoms with Gasteiger partial charge in [-0.15, -0.1) is 0 Å². The number of fused-ring (bicyclic) bond motifs is 2. The Morgan fingerprint density at radius 1 is 0.793 bits per heavy atom. The molecule has 0 fully saturated rings. The Morgan fingerprint density at radius 2 is 1.38 bits per heavy atom. The van der Waals surface area contributed by atoms with E-state index in [0.29, 0.717) is 23.7 Å². The van der Waals surface area contributed by atoms with Gasteiger partial charge in [0.05, 0.1) is 22.8 Å². The number of aromatic nitrogens is 7. The average Bonchev–Trinajstić information content (AvgIpc) is 3.33. The Bertz CT molecular complexity index is 955. The summed E-state index contributed by atoms with van der Waals surface area (Å²) in [4.78, 5) is 9.16. The van der Waals surface area contributed by atoms with Crippen LogP contribution in [0.3, 0.4) is 0 Å². The van der Waals surface area contributed by atoms with Crippen molar-refractivity contribution in [3.8, 4) is 0 Å². The molecule has 7 nitrogen and oxygen atoms in total. The van der Waals surface area contributed by atoms with Crippen LogP contribution in [-0.4, -0.2) is 34.2 Å². The lowest BCUT2D eigenvalue weighted by molar-refractivity contribution is 0.721. The summed E-state index contributed by atoms with van der Waals surface area (Å²) < 4.78 is 4.12. The Kier molecular flexibility index (Phi) is 6.93. The van der Waals surface area contributed by atoms with E-state index in [0.717, 1.165) is 11.4 Å². The van der Waals surface area contributed by atoms with Gasteiger partial charge in [0.2, 0.25) is 5.78 Å². The maximum Gasteiger partial charge on any atom is 0.229 e. The Hall–Kier alpha value is -2.57. The van der Waals surface area contributed by atoms with E-state index in [9.17, 15) is 0 Å². The molecule has 0 amide bonds. The minimum absolute atomic E-state index is 0. The summed E-state index contributed by atoms with van der Waals surface area (Å²) in [6, 6.07) is 2.01. The highest BCUT2D eigenvalue weighted by Crippen LogP contribution is 2.27. The molecule has 0 unspecified atom stereocenters. The summed E-state index contributed by atoms with van der Waals surface area (Å²) in [5.41, 5.74) is 5.99. The normalized spacial score (nSPS) is 11.7. The first-order valence-corrected chi connectivity index (χ1v) is 10.2. The van der Waals surface area contributed by atoms with Crippen LogP contribution in [0, 0.1) is 0 Å². The van der Waals surface area contributed by atoms with Crippen molar-refractivity contribution in [1.82, 2.24) is 34.2 Å². The van der Waals surface area contributed by atoms with Crippen molar-refractivity contribution in [2.75, 3.05) is 0 Å². The molecule has 4 aromatic rings. The lowest BCUT2D eigenvalue weighted by Gasteiger charge is -2.09. The summed E-state index contributed by atoms with van der Waals surface area (Å²) in [7, 11) is 0. The molecule has 0 saturated carbocycles. The number of rotatable bonds is 4. The first-order chi connectivity index (χ1) is 13.2. The minimum Gasteiger partial charge on any atom is -0.300 e. The summed E-state index contributed by atoms with van der Waals surface area (Å²) in [5, 5.41) is 10.1. The standard InChI is InChI=1S/C11H17N3.C10H16N4.CH4/c1-7(2)10-11(8(3)4)14-9(13-10)5-6-12-14;1-6(2)8-9(7(3)4)14-5-11-13-10(14)12-8;/h5-8,12H,1-4H3;5-7H,1-4H3,(H,12,13);1H4. The number of nitrogens with one attached hydrogen (secondary N) is 2. The van der Waals surface area contributed by atoms with Gasteiger partial charge in [0.25, 0.3) is 0 Å². The molecule has 160 valence electrons. The summed E-state index contributed by atoms with van der Waals surface area (Å²) in [5.74, 6) is 2.76. The highest BCUT2D eigenvalue weighted by Gasteiger charge is 2.19. The van der Waals surface area contributed by atoms with Crippen LogP contribution in [0.2, 0.25) is 0 Å². The molecule has 0 saturated heterocycles. The first kappa shape index (κ1) is 22.7. The van der Waals surface area contributed by atoms with Crippen molar-refractivity contribution in [3.05, 3.63) is 41.4 Å². The quantitative estimate of drug-likeness (QED) is 0.452. The largest absolute Gasteiger partial charge is 0.300 e. The van der Waals surface area contributed by atoms with E-state index in [-0.39, 0.29) is 7.43 Å². The van der Waals surface area contributed by atoms with Gasteiger partial charge in [-0.3, -0.25) is 9.50 Å². The molecule has 0 spiro atoms. The van der Waals surface area contributed by atoms with Gasteiger partial charge in [0.15, 0.2) is 5.65 Å². The summed E-state index contributed by atoms with van der Waals surface area (Å²) >= 11 is 0. The second-order valence-electron chi connectivity index (χ2n) is 8.59. The third kappa shape index (κ3) is 4.23. The van der Waals surface area contributed by atoms with Gasteiger partial charge in [-0.2, -0.15) is 5.10 Å². The van der Waals surface area contributed by atoms with Gasteiger partial charge in [-0.1, -0.05) is 62.8 Å². The van der Waals surface area contributed by atoms with Gasteiger partial charge in [0.1, 0.15) is 6.33 Å². The van der Waals surface area contributed by atoms with Crippen LogP contribution in [0.15, 0.2) is 18.6 Å². The SMILES string of the molecule is C.CC(C)c1nc2[nH]ncn2c1C(C)C.CC(C)c1nc2cc[nH]n2c1C(C)C. The maximum absolute atomic E-state index is 4.63. The van der Waals surface area contributed by atoms with E-state index < -0.39 is 0 Å². The molecule has 0 aliphatic carbocycles. The van der Waals surface area contributed by atoms with Crippen molar-refractivity contribution in [1.29, 1.82) is 0 Å². The molecule has 29 heavy (non-hydrogen) atoms. The molecule has 0 aliphatic rings. The van der Waals surface area contributed by atoms with E-state index >= 15 is 0 Å². The van der Waals surface area contributed by atoms with E-state index in [4.69, 9.17) is 0 Å². The number of aromatic amines is 2. The highest BCUT2D eigenvalue weighted by atomic mass is 15.3. The van der Waals surface area contributed by atoms with Gasteiger partial charge in [0, 0.05) is 12.3 Å². The summed E-state index contributed by atoms with van der Waals surface area (Å²) in [6.07, 6.45) is 3.72. The van der Waals surface area contributed by atoms with Crippen molar-refractivity contribution >= 4 is 11.4 Å². The molecule has 0 aliphatic heterocycles. The smallest absolute Gasteiger partial charge is 0.229 e. The van der Waals surface area contributed by atoms with Crippen molar-refractivity contribution in [3.63, 3.8) is 0 Å². The van der Waals surface area contributed by atoms with Crippen LogP contribution in [0.5, 0.6) is 0 Å². The molecule has 4 rings (SSSR count). The Balaban J connectivity index is 0.000000200. The maximum atomic E-state index is 4.63. The first-order valence-electron chi connectivity index (χ1n) is 10.2. The van der Waals surface area contributed by atoms with Gasteiger partial charge < -0.3 is 0 Å². The third-order valence-electron chi connectivity index (χ3n) is 4.91. The van der Waals surface area contributed by atoms with Crippen molar-refractivity contribution in [2.24, 2.45) is 0 Å². The fraction of sp³-hybridized carbons (Fsp3) is 0.591. The van der Waals surface area contributed by atoms with Crippen LogP contribution in [-0.2, 0) is 0 Å². The predicted molar refractivity (Wildman–Crippen MR) is 120 cm³/mol. The molecule has 0 radical (unpaired) electrons. The van der Waals surface area contributed by atoms with E-state index in [1.165, 1.54) is 22.8 Å². The van der Waals surface area contributed by atoms with E-state index in [2.05, 4.69) is 85.2 Å². The van der Waals surface area contributed by atoms with Crippen molar-refractivity contribution in [2.45, 2.75) is 86.5 Å². The van der Waals surface area contributed by atoms with Crippen LogP contribution in [0.25, 0.3) is 11.4 Å². The number of H-pyrrole nitrogens is 2. The number of hydrogen-bond acceptors (Lipinski definition) is 3. The topological polar surface area (TPSA) is 79.1 Å². The third-order valence-corrected chi connectivity index (χ3v) is 4.91. The zero-order valence-electron chi connectivity index (χ0n) is 18.3. The molecule has 4 heterocycles. The van der Waals surface area contributed by atoms with Crippen LogP contribution >= 0.6 is 0 Å². The fourth-order valence-corrected chi connectivity index (χ4v) is 3.68. The highest BCUT2D eigenvalue weighted by molar-refractivity contribution is 5.43. The Labute approximate surface area is 173 Å².